The van der Waals surface area contributed by atoms with Gasteiger partial charge < -0.3 is 15.0 Å². The number of nitro benzene ring substituents is 1. The Hall–Kier alpha value is -3.09. The molecule has 27 heavy (non-hydrogen) atoms. The second-order valence-electron chi connectivity index (χ2n) is 6.49. The zero-order valence-electron chi connectivity index (χ0n) is 15.3. The number of nitrogens with zero attached hydrogens (tertiary/aromatic N) is 2. The van der Waals surface area contributed by atoms with Gasteiger partial charge in [0.1, 0.15) is 5.75 Å². The van der Waals surface area contributed by atoms with Crippen molar-refractivity contribution in [2.45, 2.75) is 25.8 Å². The monoisotopic (exact) mass is 369 g/mol. The summed E-state index contributed by atoms with van der Waals surface area (Å²) < 4.78 is 5.63. The summed E-state index contributed by atoms with van der Waals surface area (Å²) in [6.45, 7) is 3.36. The van der Waals surface area contributed by atoms with Crippen LogP contribution in [-0.2, 0) is 4.79 Å². The van der Waals surface area contributed by atoms with Gasteiger partial charge in [-0.25, -0.2) is 0 Å². The molecule has 0 aliphatic carbocycles. The van der Waals surface area contributed by atoms with E-state index in [1.165, 1.54) is 12.1 Å². The molecule has 1 amide bonds. The lowest BCUT2D eigenvalue weighted by Crippen LogP contribution is -2.40. The lowest BCUT2D eigenvalue weighted by atomic mass is 10.0. The zero-order chi connectivity index (χ0) is 19.2. The van der Waals surface area contributed by atoms with Gasteiger partial charge in [0.05, 0.1) is 24.1 Å². The quantitative estimate of drug-likeness (QED) is 0.597. The van der Waals surface area contributed by atoms with Crippen molar-refractivity contribution in [1.29, 1.82) is 0 Å². The molecule has 1 heterocycles. The standard InChI is InChI=1S/C20H23N3O4/c1-2-11-22(15-6-5-7-16(13-15)23(25)26)14-20(24)21-18-10-12-27-19-9-4-3-8-17(18)19/h3-9,13,18H,2,10-12,14H2,1H3,(H,21,24)/t18-/m1/s1. The first-order valence-corrected chi connectivity index (χ1v) is 9.09. The Kier molecular flexibility index (Phi) is 5.90. The number of amides is 1. The summed E-state index contributed by atoms with van der Waals surface area (Å²) in [6.07, 6.45) is 1.55. The second-order valence-corrected chi connectivity index (χ2v) is 6.49. The van der Waals surface area contributed by atoms with Crippen LogP contribution in [-0.4, -0.2) is 30.5 Å². The average molecular weight is 369 g/mol. The van der Waals surface area contributed by atoms with Gasteiger partial charge in [-0.2, -0.15) is 0 Å². The van der Waals surface area contributed by atoms with E-state index < -0.39 is 4.92 Å². The maximum atomic E-state index is 12.7. The summed E-state index contributed by atoms with van der Waals surface area (Å²) >= 11 is 0. The molecule has 0 fully saturated rings. The van der Waals surface area contributed by atoms with E-state index in [-0.39, 0.29) is 24.2 Å². The van der Waals surface area contributed by atoms with Crippen LogP contribution in [0.4, 0.5) is 11.4 Å². The molecule has 0 saturated carbocycles. The largest absolute Gasteiger partial charge is 0.493 e. The number of ether oxygens (including phenoxy) is 1. The molecule has 2 aromatic rings. The van der Waals surface area contributed by atoms with E-state index >= 15 is 0 Å². The van der Waals surface area contributed by atoms with Crippen LogP contribution >= 0.6 is 0 Å². The maximum absolute atomic E-state index is 12.7. The molecule has 0 radical (unpaired) electrons. The summed E-state index contributed by atoms with van der Waals surface area (Å²) in [5, 5.41) is 14.1. The second kappa shape index (κ2) is 8.53. The van der Waals surface area contributed by atoms with Gasteiger partial charge in [0.25, 0.3) is 5.69 Å². The van der Waals surface area contributed by atoms with Crippen LogP contribution in [0.15, 0.2) is 48.5 Å². The van der Waals surface area contributed by atoms with Crippen molar-refractivity contribution >= 4 is 17.3 Å². The molecule has 0 spiro atoms. The first kappa shape index (κ1) is 18.7. The van der Waals surface area contributed by atoms with Gasteiger partial charge in [0.2, 0.25) is 5.91 Å². The Bertz CT molecular complexity index is 824. The molecular formula is C20H23N3O4. The lowest BCUT2D eigenvalue weighted by Gasteiger charge is -2.29. The highest BCUT2D eigenvalue weighted by molar-refractivity contribution is 5.82. The number of carbonyl (C=O) groups excluding carboxylic acids is 1. The molecule has 0 saturated heterocycles. The summed E-state index contributed by atoms with van der Waals surface area (Å²) in [7, 11) is 0. The third-order valence-corrected chi connectivity index (χ3v) is 4.53. The normalized spacial score (nSPS) is 15.4. The Morgan fingerprint density at radius 2 is 2.11 bits per heavy atom. The first-order chi connectivity index (χ1) is 13.1. The fourth-order valence-corrected chi connectivity index (χ4v) is 3.28. The Balaban J connectivity index is 1.71. The van der Waals surface area contributed by atoms with Crippen LogP contribution in [0.3, 0.4) is 0 Å². The number of fused-ring (bicyclic) bond motifs is 1. The number of benzene rings is 2. The van der Waals surface area contributed by atoms with Gasteiger partial charge in [-0.3, -0.25) is 14.9 Å². The van der Waals surface area contributed by atoms with E-state index in [1.807, 2.05) is 36.1 Å². The summed E-state index contributed by atoms with van der Waals surface area (Å²) in [5.41, 5.74) is 1.68. The minimum Gasteiger partial charge on any atom is -0.493 e. The highest BCUT2D eigenvalue weighted by atomic mass is 16.6. The molecule has 0 bridgehead atoms. The number of anilines is 1. The third kappa shape index (κ3) is 4.55. The number of para-hydroxylation sites is 1. The fraction of sp³-hybridized carbons (Fsp3) is 0.350. The van der Waals surface area contributed by atoms with Crippen LogP contribution < -0.4 is 15.0 Å². The van der Waals surface area contributed by atoms with Crippen LogP contribution in [0.2, 0.25) is 0 Å². The fourth-order valence-electron chi connectivity index (χ4n) is 3.28. The Labute approximate surface area is 158 Å². The average Bonchev–Trinajstić information content (AvgIpc) is 2.68. The molecule has 7 nitrogen and oxygen atoms in total. The van der Waals surface area contributed by atoms with Crippen molar-refractivity contribution in [2.24, 2.45) is 0 Å². The minimum atomic E-state index is -0.424. The van der Waals surface area contributed by atoms with Crippen molar-refractivity contribution in [2.75, 3.05) is 24.6 Å². The third-order valence-electron chi connectivity index (χ3n) is 4.53. The minimum absolute atomic E-state index is 0.0207. The van der Waals surface area contributed by atoms with Crippen molar-refractivity contribution in [3.8, 4) is 5.75 Å². The SMILES string of the molecule is CCCN(CC(=O)N[C@@H]1CCOc2ccccc21)c1cccc([N+](=O)[O-])c1. The highest BCUT2D eigenvalue weighted by Crippen LogP contribution is 2.31. The topological polar surface area (TPSA) is 84.7 Å². The molecular weight excluding hydrogens is 346 g/mol. The summed E-state index contributed by atoms with van der Waals surface area (Å²) in [5.74, 6) is 0.690. The van der Waals surface area contributed by atoms with E-state index in [0.717, 1.165) is 17.7 Å². The van der Waals surface area contributed by atoms with E-state index in [1.54, 1.807) is 12.1 Å². The molecule has 1 atom stereocenters. The zero-order valence-corrected chi connectivity index (χ0v) is 15.3. The van der Waals surface area contributed by atoms with Gasteiger partial charge in [-0.15, -0.1) is 0 Å². The van der Waals surface area contributed by atoms with Crippen molar-refractivity contribution in [3.05, 3.63) is 64.2 Å². The molecule has 1 aliphatic heterocycles. The molecule has 1 N–H and O–H groups in total. The number of carbonyl (C=O) groups is 1. The summed E-state index contributed by atoms with van der Waals surface area (Å²) in [6, 6.07) is 14.0. The van der Waals surface area contributed by atoms with Gasteiger partial charge >= 0.3 is 0 Å². The van der Waals surface area contributed by atoms with Crippen LogP contribution in [0.5, 0.6) is 5.75 Å². The van der Waals surface area contributed by atoms with E-state index in [2.05, 4.69) is 5.32 Å². The molecule has 0 aromatic heterocycles. The molecule has 142 valence electrons. The van der Waals surface area contributed by atoms with Crippen LogP contribution in [0, 0.1) is 10.1 Å². The van der Waals surface area contributed by atoms with Crippen molar-refractivity contribution in [3.63, 3.8) is 0 Å². The van der Waals surface area contributed by atoms with E-state index in [9.17, 15) is 14.9 Å². The molecule has 2 aromatic carbocycles. The number of hydrogen-bond donors (Lipinski definition) is 1. The van der Waals surface area contributed by atoms with Gasteiger partial charge in [-0.05, 0) is 18.6 Å². The number of non-ortho nitro benzene ring substituents is 1. The van der Waals surface area contributed by atoms with E-state index in [4.69, 9.17) is 4.74 Å². The Morgan fingerprint density at radius 1 is 1.30 bits per heavy atom. The molecule has 3 rings (SSSR count). The number of nitro groups is 1. The number of hydrogen-bond acceptors (Lipinski definition) is 5. The lowest BCUT2D eigenvalue weighted by molar-refractivity contribution is -0.384. The van der Waals surface area contributed by atoms with Crippen molar-refractivity contribution < 1.29 is 14.5 Å². The molecule has 7 heteroatoms. The Morgan fingerprint density at radius 3 is 2.89 bits per heavy atom. The van der Waals surface area contributed by atoms with Crippen LogP contribution in [0.25, 0.3) is 0 Å². The van der Waals surface area contributed by atoms with Crippen molar-refractivity contribution in [1.82, 2.24) is 5.32 Å². The number of nitrogens with one attached hydrogen (secondary N) is 1. The maximum Gasteiger partial charge on any atom is 0.271 e. The molecule has 1 aliphatic rings. The predicted molar refractivity (Wildman–Crippen MR) is 103 cm³/mol. The first-order valence-electron chi connectivity index (χ1n) is 9.09. The van der Waals surface area contributed by atoms with Gasteiger partial charge in [0.15, 0.2) is 0 Å². The smallest absolute Gasteiger partial charge is 0.271 e. The van der Waals surface area contributed by atoms with Gasteiger partial charge in [-0.1, -0.05) is 31.2 Å². The summed E-state index contributed by atoms with van der Waals surface area (Å²) in [4.78, 5) is 25.1. The van der Waals surface area contributed by atoms with E-state index in [0.29, 0.717) is 25.3 Å². The van der Waals surface area contributed by atoms with Gasteiger partial charge in [0, 0.05) is 36.3 Å². The molecule has 0 unspecified atom stereocenters. The highest BCUT2D eigenvalue weighted by Gasteiger charge is 2.23. The predicted octanol–water partition coefficient (Wildman–Crippen LogP) is 3.45. The number of rotatable bonds is 7. The van der Waals surface area contributed by atoms with Crippen LogP contribution in [0.1, 0.15) is 31.4 Å².